The van der Waals surface area contributed by atoms with E-state index in [1.165, 1.54) is 0 Å². The zero-order valence-electron chi connectivity index (χ0n) is 12.9. The fourth-order valence-corrected chi connectivity index (χ4v) is 2.92. The van der Waals surface area contributed by atoms with Crippen LogP contribution in [0.2, 0.25) is 0 Å². The number of hydrogen-bond donors (Lipinski definition) is 2. The van der Waals surface area contributed by atoms with Gasteiger partial charge >= 0.3 is 11.8 Å². The van der Waals surface area contributed by atoms with Crippen LogP contribution in [-0.2, 0) is 9.59 Å². The lowest BCUT2D eigenvalue weighted by Crippen LogP contribution is -2.43. The second-order valence-electron chi connectivity index (χ2n) is 5.53. The second-order valence-corrected chi connectivity index (χ2v) is 5.53. The number of nitrogens with one attached hydrogen (secondary N) is 2. The Morgan fingerprint density at radius 2 is 2.22 bits per heavy atom. The van der Waals surface area contributed by atoms with Crippen molar-refractivity contribution in [2.75, 3.05) is 25.0 Å². The quantitative estimate of drug-likeness (QED) is 0.808. The van der Waals surface area contributed by atoms with Gasteiger partial charge in [0.1, 0.15) is 5.52 Å². The third kappa shape index (κ3) is 3.31. The van der Waals surface area contributed by atoms with Crippen molar-refractivity contribution in [2.24, 2.45) is 0 Å². The molecular weight excluding hydrogens is 298 g/mol. The van der Waals surface area contributed by atoms with Gasteiger partial charge in [-0.1, -0.05) is 13.0 Å². The van der Waals surface area contributed by atoms with Crippen molar-refractivity contribution in [1.82, 2.24) is 20.5 Å². The Morgan fingerprint density at radius 1 is 1.35 bits per heavy atom. The first-order chi connectivity index (χ1) is 11.2. The van der Waals surface area contributed by atoms with Gasteiger partial charge in [-0.25, -0.2) is 4.63 Å². The average molecular weight is 317 g/mol. The van der Waals surface area contributed by atoms with Crippen LogP contribution in [-0.4, -0.2) is 52.7 Å². The first-order valence-corrected chi connectivity index (χ1v) is 7.73. The van der Waals surface area contributed by atoms with E-state index >= 15 is 0 Å². The Balaban J connectivity index is 1.57. The van der Waals surface area contributed by atoms with E-state index in [1.54, 1.807) is 18.2 Å². The maximum atomic E-state index is 12.0. The smallest absolute Gasteiger partial charge is 0.313 e. The molecule has 0 saturated carbocycles. The van der Waals surface area contributed by atoms with Crippen LogP contribution >= 0.6 is 0 Å². The molecule has 1 fully saturated rings. The molecule has 0 radical (unpaired) electrons. The number of likely N-dealkylation sites (tertiary alicyclic amines) is 1. The number of nitrogens with zero attached hydrogens (tertiary/aromatic N) is 3. The molecule has 0 bridgehead atoms. The molecule has 1 aromatic carbocycles. The highest BCUT2D eigenvalue weighted by Crippen LogP contribution is 2.19. The van der Waals surface area contributed by atoms with Gasteiger partial charge < -0.3 is 10.6 Å². The van der Waals surface area contributed by atoms with Gasteiger partial charge in [-0.2, -0.15) is 0 Å². The standard InChI is InChI=1S/C15H19N5O3/c1-2-20-8-4-5-10(20)9-16-14(21)15(22)17-11-6-3-7-12-13(11)19-23-18-12/h3,6-7,10H,2,4-5,8-9H2,1H3,(H,16,21)(H,17,22)/t10-/m1/s1. The molecule has 122 valence electrons. The molecule has 1 aliphatic rings. The summed E-state index contributed by atoms with van der Waals surface area (Å²) in [6, 6.07) is 5.37. The predicted octanol–water partition coefficient (Wildman–Crippen LogP) is 0.762. The summed E-state index contributed by atoms with van der Waals surface area (Å²) >= 11 is 0. The van der Waals surface area contributed by atoms with Gasteiger partial charge in [-0.05, 0) is 48.4 Å². The highest BCUT2D eigenvalue weighted by molar-refractivity contribution is 6.40. The van der Waals surface area contributed by atoms with E-state index < -0.39 is 11.8 Å². The number of anilines is 1. The number of amides is 2. The lowest BCUT2D eigenvalue weighted by Gasteiger charge is -2.22. The lowest BCUT2D eigenvalue weighted by atomic mass is 10.2. The second kappa shape index (κ2) is 6.74. The Bertz CT molecular complexity index is 714. The monoisotopic (exact) mass is 317 g/mol. The molecule has 0 aliphatic carbocycles. The molecule has 1 atom stereocenters. The largest absolute Gasteiger partial charge is 0.346 e. The minimum Gasteiger partial charge on any atom is -0.346 e. The molecule has 2 N–H and O–H groups in total. The number of likely N-dealkylation sites (N-methyl/N-ethyl adjacent to an activating group) is 1. The summed E-state index contributed by atoms with van der Waals surface area (Å²) in [5.74, 6) is -1.37. The van der Waals surface area contributed by atoms with Crippen molar-refractivity contribution in [2.45, 2.75) is 25.8 Å². The number of rotatable bonds is 4. The maximum absolute atomic E-state index is 12.0. The van der Waals surface area contributed by atoms with Gasteiger partial charge in [-0.3, -0.25) is 14.5 Å². The van der Waals surface area contributed by atoms with E-state index in [-0.39, 0.29) is 0 Å². The Morgan fingerprint density at radius 3 is 3.04 bits per heavy atom. The normalized spacial score (nSPS) is 18.2. The van der Waals surface area contributed by atoms with E-state index in [0.29, 0.717) is 29.3 Å². The molecule has 1 aromatic heterocycles. The molecule has 3 rings (SSSR count). The topological polar surface area (TPSA) is 100 Å². The molecule has 2 heterocycles. The Hall–Kier alpha value is -2.48. The van der Waals surface area contributed by atoms with Crippen LogP contribution in [0.25, 0.3) is 11.0 Å². The minimum absolute atomic E-state index is 0.305. The van der Waals surface area contributed by atoms with Crippen LogP contribution in [0.1, 0.15) is 19.8 Å². The molecule has 1 aliphatic heterocycles. The van der Waals surface area contributed by atoms with Gasteiger partial charge in [0, 0.05) is 12.6 Å². The summed E-state index contributed by atoms with van der Waals surface area (Å²) in [6.45, 7) is 4.58. The number of hydrogen-bond acceptors (Lipinski definition) is 6. The molecule has 23 heavy (non-hydrogen) atoms. The van der Waals surface area contributed by atoms with Crippen molar-refractivity contribution in [3.8, 4) is 0 Å². The van der Waals surface area contributed by atoms with Crippen molar-refractivity contribution < 1.29 is 14.2 Å². The highest BCUT2D eigenvalue weighted by Gasteiger charge is 2.24. The van der Waals surface area contributed by atoms with E-state index in [0.717, 1.165) is 25.9 Å². The van der Waals surface area contributed by atoms with Crippen LogP contribution < -0.4 is 10.6 Å². The fourth-order valence-electron chi connectivity index (χ4n) is 2.92. The summed E-state index contributed by atoms with van der Waals surface area (Å²) < 4.78 is 4.63. The third-order valence-electron chi connectivity index (χ3n) is 4.14. The number of carbonyl (C=O) groups is 2. The summed E-state index contributed by atoms with van der Waals surface area (Å²) in [6.07, 6.45) is 2.17. The zero-order valence-corrected chi connectivity index (χ0v) is 12.9. The van der Waals surface area contributed by atoms with E-state index in [4.69, 9.17) is 0 Å². The molecule has 8 heteroatoms. The maximum Gasteiger partial charge on any atom is 0.313 e. The molecular formula is C15H19N5O3. The minimum atomic E-state index is -0.721. The summed E-state index contributed by atoms with van der Waals surface area (Å²) in [7, 11) is 0. The fraction of sp³-hybridized carbons (Fsp3) is 0.467. The Kier molecular flexibility index (Phi) is 4.52. The van der Waals surface area contributed by atoms with Gasteiger partial charge in [0.15, 0.2) is 5.52 Å². The summed E-state index contributed by atoms with van der Waals surface area (Å²) in [5, 5.41) is 12.7. The molecule has 2 amide bonds. The van der Waals surface area contributed by atoms with Crippen LogP contribution in [0.5, 0.6) is 0 Å². The van der Waals surface area contributed by atoms with Gasteiger partial charge in [0.05, 0.1) is 5.69 Å². The van der Waals surface area contributed by atoms with E-state index in [1.807, 2.05) is 0 Å². The van der Waals surface area contributed by atoms with E-state index in [2.05, 4.69) is 37.4 Å². The first-order valence-electron chi connectivity index (χ1n) is 7.73. The van der Waals surface area contributed by atoms with Crippen molar-refractivity contribution in [1.29, 1.82) is 0 Å². The highest BCUT2D eigenvalue weighted by atomic mass is 16.6. The van der Waals surface area contributed by atoms with Crippen molar-refractivity contribution in [3.05, 3.63) is 18.2 Å². The molecule has 0 unspecified atom stereocenters. The SMILES string of the molecule is CCN1CCC[C@@H]1CNC(=O)C(=O)Nc1cccc2nonc12. The van der Waals surface area contributed by atoms with Crippen LogP contribution in [0.15, 0.2) is 22.8 Å². The number of fused-ring (bicyclic) bond motifs is 1. The molecule has 1 saturated heterocycles. The Labute approximate surface area is 133 Å². The van der Waals surface area contributed by atoms with Crippen molar-refractivity contribution in [3.63, 3.8) is 0 Å². The van der Waals surface area contributed by atoms with Gasteiger partial charge in [0.2, 0.25) is 0 Å². The van der Waals surface area contributed by atoms with E-state index in [9.17, 15) is 9.59 Å². The molecule has 0 spiro atoms. The summed E-state index contributed by atoms with van der Waals surface area (Å²) in [4.78, 5) is 26.3. The third-order valence-corrected chi connectivity index (χ3v) is 4.14. The van der Waals surface area contributed by atoms with Crippen molar-refractivity contribution >= 4 is 28.5 Å². The molecule has 2 aromatic rings. The van der Waals surface area contributed by atoms with Gasteiger partial charge in [0.25, 0.3) is 0 Å². The zero-order chi connectivity index (χ0) is 16.2. The number of aromatic nitrogens is 2. The number of carbonyl (C=O) groups excluding carboxylic acids is 2. The van der Waals surface area contributed by atoms with Crippen LogP contribution in [0.3, 0.4) is 0 Å². The first kappa shape index (κ1) is 15.4. The van der Waals surface area contributed by atoms with Crippen LogP contribution in [0, 0.1) is 0 Å². The van der Waals surface area contributed by atoms with Crippen LogP contribution in [0.4, 0.5) is 5.69 Å². The molecule has 8 nitrogen and oxygen atoms in total. The predicted molar refractivity (Wildman–Crippen MR) is 83.7 cm³/mol. The average Bonchev–Trinajstić information content (AvgIpc) is 3.21. The lowest BCUT2D eigenvalue weighted by molar-refractivity contribution is -0.136. The number of benzene rings is 1. The van der Waals surface area contributed by atoms with Gasteiger partial charge in [-0.15, -0.1) is 0 Å². The summed E-state index contributed by atoms with van der Waals surface area (Å²) in [5.41, 5.74) is 1.34.